The lowest BCUT2D eigenvalue weighted by Gasteiger charge is -2.22. The zero-order valence-corrected chi connectivity index (χ0v) is 12.4. The van der Waals surface area contributed by atoms with Gasteiger partial charge in [-0.05, 0) is 58.0 Å². The Labute approximate surface area is 122 Å². The first-order valence-electron chi connectivity index (χ1n) is 8.09. The van der Waals surface area contributed by atoms with Crippen LogP contribution in [0, 0.1) is 5.92 Å². The zero-order valence-electron chi connectivity index (χ0n) is 12.4. The van der Waals surface area contributed by atoms with Crippen molar-refractivity contribution >= 4 is 5.91 Å². The Morgan fingerprint density at radius 2 is 2.20 bits per heavy atom. The number of hydrogen-bond acceptors (Lipinski definition) is 3. The molecule has 4 heteroatoms. The molecule has 0 aromatic heterocycles. The molecule has 2 N–H and O–H groups in total. The van der Waals surface area contributed by atoms with Crippen LogP contribution in [0.5, 0.6) is 0 Å². The van der Waals surface area contributed by atoms with Gasteiger partial charge in [0.1, 0.15) is 0 Å². The molecule has 0 bridgehead atoms. The van der Waals surface area contributed by atoms with Gasteiger partial charge in [0, 0.05) is 18.5 Å². The van der Waals surface area contributed by atoms with E-state index in [-0.39, 0.29) is 18.4 Å². The summed E-state index contributed by atoms with van der Waals surface area (Å²) >= 11 is 0. The average Bonchev–Trinajstić information content (AvgIpc) is 2.95. The number of allylic oxidation sites excluding steroid dienone is 2. The topological polar surface area (TPSA) is 52.6 Å². The van der Waals surface area contributed by atoms with Crippen molar-refractivity contribution in [3.05, 3.63) is 12.2 Å². The molecule has 0 aromatic carbocycles. The summed E-state index contributed by atoms with van der Waals surface area (Å²) in [6.07, 6.45) is 11.7. The van der Waals surface area contributed by atoms with Crippen molar-refractivity contribution < 1.29 is 9.90 Å². The van der Waals surface area contributed by atoms with E-state index in [1.54, 1.807) is 0 Å². The molecule has 0 saturated carbocycles. The highest BCUT2D eigenvalue weighted by Crippen LogP contribution is 2.18. The van der Waals surface area contributed by atoms with Gasteiger partial charge in [0.05, 0.1) is 6.61 Å². The summed E-state index contributed by atoms with van der Waals surface area (Å²) in [4.78, 5) is 14.3. The van der Waals surface area contributed by atoms with Gasteiger partial charge in [-0.15, -0.1) is 0 Å². The molecular weight excluding hydrogens is 252 g/mol. The van der Waals surface area contributed by atoms with Crippen molar-refractivity contribution in [3.8, 4) is 0 Å². The third-order valence-corrected chi connectivity index (χ3v) is 4.52. The second kappa shape index (κ2) is 8.42. The maximum atomic E-state index is 11.9. The van der Waals surface area contributed by atoms with Crippen molar-refractivity contribution in [1.82, 2.24) is 10.2 Å². The Morgan fingerprint density at radius 1 is 1.30 bits per heavy atom. The molecule has 0 aromatic rings. The fraction of sp³-hybridized carbons (Fsp3) is 0.812. The number of hydrogen-bond donors (Lipinski definition) is 2. The first-order chi connectivity index (χ1) is 9.81. The third kappa shape index (κ3) is 4.60. The lowest BCUT2D eigenvalue weighted by molar-refractivity contribution is -0.125. The molecule has 1 aliphatic carbocycles. The quantitative estimate of drug-likeness (QED) is 0.551. The first kappa shape index (κ1) is 15.5. The Kier molecular flexibility index (Phi) is 6.54. The van der Waals surface area contributed by atoms with Gasteiger partial charge >= 0.3 is 0 Å². The highest BCUT2D eigenvalue weighted by molar-refractivity contribution is 5.78. The van der Waals surface area contributed by atoms with Gasteiger partial charge in [-0.2, -0.15) is 0 Å². The number of carbonyl (C=O) groups excluding carboxylic acids is 1. The Hall–Kier alpha value is -0.870. The van der Waals surface area contributed by atoms with Gasteiger partial charge in [0.2, 0.25) is 5.91 Å². The molecule has 1 aliphatic heterocycles. The van der Waals surface area contributed by atoms with Crippen LogP contribution in [-0.4, -0.2) is 48.2 Å². The minimum Gasteiger partial charge on any atom is -0.395 e. The summed E-state index contributed by atoms with van der Waals surface area (Å²) in [6, 6.07) is 0.374. The first-order valence-corrected chi connectivity index (χ1v) is 8.09. The number of rotatable bonds is 7. The SMILES string of the molecule is O=C(NCCCCN1CCCC1CO)C1CC=CCC1. The van der Waals surface area contributed by atoms with Gasteiger partial charge in [-0.1, -0.05) is 12.2 Å². The highest BCUT2D eigenvalue weighted by Gasteiger charge is 2.22. The third-order valence-electron chi connectivity index (χ3n) is 4.52. The summed E-state index contributed by atoms with van der Waals surface area (Å²) in [6.45, 7) is 3.24. The number of carbonyl (C=O) groups is 1. The highest BCUT2D eigenvalue weighted by atomic mass is 16.3. The predicted molar refractivity (Wildman–Crippen MR) is 80.4 cm³/mol. The summed E-state index contributed by atoms with van der Waals surface area (Å²) in [5.74, 6) is 0.418. The van der Waals surface area contributed by atoms with Crippen LogP contribution in [0.25, 0.3) is 0 Å². The van der Waals surface area contributed by atoms with E-state index < -0.39 is 0 Å². The van der Waals surface area contributed by atoms with Crippen LogP contribution in [0.1, 0.15) is 44.9 Å². The van der Waals surface area contributed by atoms with E-state index in [1.165, 1.54) is 6.42 Å². The van der Waals surface area contributed by atoms with Crippen molar-refractivity contribution in [3.63, 3.8) is 0 Å². The zero-order chi connectivity index (χ0) is 14.2. The smallest absolute Gasteiger partial charge is 0.223 e. The molecule has 2 unspecified atom stereocenters. The molecule has 0 radical (unpaired) electrons. The average molecular weight is 280 g/mol. The normalized spacial score (nSPS) is 26.9. The molecule has 2 atom stereocenters. The standard InChI is InChI=1S/C16H28N2O2/c19-13-15-9-6-12-18(15)11-5-4-10-17-16(20)14-7-2-1-3-8-14/h1-2,14-15,19H,3-13H2,(H,17,20). The molecule has 1 saturated heterocycles. The van der Waals surface area contributed by atoms with E-state index in [0.29, 0.717) is 6.04 Å². The summed E-state index contributed by atoms with van der Waals surface area (Å²) < 4.78 is 0. The molecule has 20 heavy (non-hydrogen) atoms. The van der Waals surface area contributed by atoms with Gasteiger partial charge in [-0.3, -0.25) is 9.69 Å². The molecule has 0 spiro atoms. The van der Waals surface area contributed by atoms with E-state index in [0.717, 1.165) is 58.2 Å². The van der Waals surface area contributed by atoms with Gasteiger partial charge in [-0.25, -0.2) is 0 Å². The fourth-order valence-electron chi connectivity index (χ4n) is 3.22. The molecule has 2 aliphatic rings. The molecule has 1 fully saturated rings. The Morgan fingerprint density at radius 3 is 2.95 bits per heavy atom. The van der Waals surface area contributed by atoms with Crippen LogP contribution in [0.2, 0.25) is 0 Å². The van der Waals surface area contributed by atoms with E-state index in [4.69, 9.17) is 0 Å². The second-order valence-electron chi connectivity index (χ2n) is 5.99. The van der Waals surface area contributed by atoms with E-state index >= 15 is 0 Å². The van der Waals surface area contributed by atoms with E-state index in [2.05, 4.69) is 22.4 Å². The lowest BCUT2D eigenvalue weighted by atomic mass is 9.94. The summed E-state index contributed by atoms with van der Waals surface area (Å²) in [5.41, 5.74) is 0. The molecule has 4 nitrogen and oxygen atoms in total. The molecular formula is C16H28N2O2. The monoisotopic (exact) mass is 280 g/mol. The van der Waals surface area contributed by atoms with Crippen LogP contribution in [0.3, 0.4) is 0 Å². The molecule has 1 amide bonds. The lowest BCUT2D eigenvalue weighted by Crippen LogP contribution is -2.34. The van der Waals surface area contributed by atoms with E-state index in [9.17, 15) is 9.90 Å². The van der Waals surface area contributed by atoms with Crippen molar-refractivity contribution in [2.75, 3.05) is 26.2 Å². The van der Waals surface area contributed by atoms with Crippen LogP contribution < -0.4 is 5.32 Å². The fourth-order valence-corrected chi connectivity index (χ4v) is 3.22. The van der Waals surface area contributed by atoms with Gasteiger partial charge < -0.3 is 10.4 Å². The molecule has 2 rings (SSSR count). The van der Waals surface area contributed by atoms with Crippen LogP contribution in [0.4, 0.5) is 0 Å². The number of nitrogens with zero attached hydrogens (tertiary/aromatic N) is 1. The van der Waals surface area contributed by atoms with Crippen LogP contribution in [-0.2, 0) is 4.79 Å². The Bertz CT molecular complexity index is 330. The maximum Gasteiger partial charge on any atom is 0.223 e. The largest absolute Gasteiger partial charge is 0.395 e. The molecule has 1 heterocycles. The number of amides is 1. The van der Waals surface area contributed by atoms with Crippen molar-refractivity contribution in [2.45, 2.75) is 51.0 Å². The maximum absolute atomic E-state index is 11.9. The van der Waals surface area contributed by atoms with E-state index in [1.807, 2.05) is 0 Å². The summed E-state index contributed by atoms with van der Waals surface area (Å²) in [7, 11) is 0. The predicted octanol–water partition coefficient (Wildman–Crippen LogP) is 1.70. The van der Waals surface area contributed by atoms with Gasteiger partial charge in [0.15, 0.2) is 0 Å². The Balaban J connectivity index is 1.53. The summed E-state index contributed by atoms with van der Waals surface area (Å²) in [5, 5.41) is 12.3. The molecule has 114 valence electrons. The number of likely N-dealkylation sites (tertiary alicyclic amines) is 1. The van der Waals surface area contributed by atoms with Crippen LogP contribution >= 0.6 is 0 Å². The van der Waals surface area contributed by atoms with Gasteiger partial charge in [0.25, 0.3) is 0 Å². The van der Waals surface area contributed by atoms with Crippen LogP contribution in [0.15, 0.2) is 12.2 Å². The minimum absolute atomic E-state index is 0.192. The number of unbranched alkanes of at least 4 members (excludes halogenated alkanes) is 1. The van der Waals surface area contributed by atoms with Crippen molar-refractivity contribution in [1.29, 1.82) is 0 Å². The number of nitrogens with one attached hydrogen (secondary N) is 1. The number of aliphatic hydroxyl groups excluding tert-OH is 1. The van der Waals surface area contributed by atoms with Crippen molar-refractivity contribution in [2.24, 2.45) is 5.92 Å². The second-order valence-corrected chi connectivity index (χ2v) is 5.99. The number of aliphatic hydroxyl groups is 1. The minimum atomic E-state index is 0.192.